The number of fused-ring (bicyclic) bond motifs is 2. The van der Waals surface area contributed by atoms with E-state index < -0.39 is 0 Å². The Labute approximate surface area is 129 Å². The number of nitrogens with zero attached hydrogens (tertiary/aromatic N) is 1. The molecule has 0 saturated carbocycles. The molecule has 0 spiro atoms. The lowest BCUT2D eigenvalue weighted by atomic mass is 9.99. The molecule has 2 nitrogen and oxygen atoms in total. The molecule has 4 rings (SSSR count). The standard InChI is InChI=1S/C20H16N2/c1-14-9-10-19(22-20-8-4-5-11-21-20)18-13-16-7-3-2-6-15(16)12-17(14)18/h2-13H,1H3,(H,21,22). The molecule has 0 saturated heterocycles. The average molecular weight is 284 g/mol. The molecular formula is C20H16N2. The van der Waals surface area contributed by atoms with Crippen LogP contribution in [0.1, 0.15) is 5.56 Å². The van der Waals surface area contributed by atoms with Crippen LogP contribution < -0.4 is 5.32 Å². The molecule has 0 radical (unpaired) electrons. The van der Waals surface area contributed by atoms with E-state index in [-0.39, 0.29) is 0 Å². The highest BCUT2D eigenvalue weighted by Crippen LogP contribution is 2.32. The Balaban J connectivity index is 1.95. The molecule has 0 unspecified atom stereocenters. The molecule has 1 N–H and O–H groups in total. The van der Waals surface area contributed by atoms with Crippen LogP contribution >= 0.6 is 0 Å². The highest BCUT2D eigenvalue weighted by Gasteiger charge is 2.06. The van der Waals surface area contributed by atoms with Gasteiger partial charge in [-0.3, -0.25) is 0 Å². The number of rotatable bonds is 2. The van der Waals surface area contributed by atoms with Crippen LogP contribution in [-0.4, -0.2) is 4.98 Å². The number of aryl methyl sites for hydroxylation is 1. The summed E-state index contributed by atoms with van der Waals surface area (Å²) in [6.45, 7) is 2.15. The summed E-state index contributed by atoms with van der Waals surface area (Å²) in [6, 6.07) is 23.2. The van der Waals surface area contributed by atoms with Gasteiger partial charge in [0, 0.05) is 17.3 Å². The Morgan fingerprint density at radius 3 is 2.23 bits per heavy atom. The third-order valence-corrected chi connectivity index (χ3v) is 4.03. The Morgan fingerprint density at radius 1 is 0.773 bits per heavy atom. The van der Waals surface area contributed by atoms with Gasteiger partial charge in [0.25, 0.3) is 0 Å². The minimum Gasteiger partial charge on any atom is -0.340 e. The molecule has 0 aliphatic heterocycles. The fourth-order valence-corrected chi connectivity index (χ4v) is 2.86. The molecule has 22 heavy (non-hydrogen) atoms. The van der Waals surface area contributed by atoms with Gasteiger partial charge in [0.05, 0.1) is 0 Å². The minimum atomic E-state index is 0.862. The van der Waals surface area contributed by atoms with Crippen LogP contribution in [0.15, 0.2) is 72.9 Å². The van der Waals surface area contributed by atoms with Crippen molar-refractivity contribution in [2.75, 3.05) is 5.32 Å². The SMILES string of the molecule is Cc1ccc(Nc2ccccn2)c2cc3ccccc3cc12. The number of pyridine rings is 1. The van der Waals surface area contributed by atoms with Crippen molar-refractivity contribution >= 4 is 33.1 Å². The van der Waals surface area contributed by atoms with E-state index in [2.05, 4.69) is 65.8 Å². The van der Waals surface area contributed by atoms with Crippen molar-refractivity contribution in [3.8, 4) is 0 Å². The molecular weight excluding hydrogens is 268 g/mol. The molecule has 0 fully saturated rings. The molecule has 1 heterocycles. The predicted octanol–water partition coefficient (Wildman–Crippen LogP) is 5.44. The van der Waals surface area contributed by atoms with Gasteiger partial charge >= 0.3 is 0 Å². The molecule has 0 amide bonds. The van der Waals surface area contributed by atoms with E-state index in [9.17, 15) is 0 Å². The third kappa shape index (κ3) is 2.19. The van der Waals surface area contributed by atoms with Crippen LogP contribution in [0.4, 0.5) is 11.5 Å². The number of hydrogen-bond acceptors (Lipinski definition) is 2. The Kier molecular flexibility index (Phi) is 3.01. The fraction of sp³-hybridized carbons (Fsp3) is 0.0500. The minimum absolute atomic E-state index is 0.862. The number of anilines is 2. The third-order valence-electron chi connectivity index (χ3n) is 4.03. The molecule has 0 atom stereocenters. The molecule has 2 heteroatoms. The van der Waals surface area contributed by atoms with Crippen LogP contribution in [0.25, 0.3) is 21.5 Å². The van der Waals surface area contributed by atoms with Crippen LogP contribution in [0.5, 0.6) is 0 Å². The van der Waals surface area contributed by atoms with E-state index in [0.717, 1.165) is 11.5 Å². The lowest BCUT2D eigenvalue weighted by Gasteiger charge is -2.12. The second kappa shape index (κ2) is 5.15. The maximum absolute atomic E-state index is 4.35. The van der Waals surface area contributed by atoms with Crippen molar-refractivity contribution in [1.82, 2.24) is 4.98 Å². The first-order valence-corrected chi connectivity index (χ1v) is 7.41. The number of nitrogens with one attached hydrogen (secondary N) is 1. The van der Waals surface area contributed by atoms with Crippen molar-refractivity contribution in [1.29, 1.82) is 0 Å². The first kappa shape index (κ1) is 12.8. The van der Waals surface area contributed by atoms with Crippen LogP contribution in [0.3, 0.4) is 0 Å². The molecule has 4 aromatic rings. The zero-order valence-corrected chi connectivity index (χ0v) is 12.4. The van der Waals surface area contributed by atoms with E-state index in [1.54, 1.807) is 6.20 Å². The monoisotopic (exact) mass is 284 g/mol. The summed E-state index contributed by atoms with van der Waals surface area (Å²) in [6.07, 6.45) is 1.80. The van der Waals surface area contributed by atoms with Crippen molar-refractivity contribution in [2.45, 2.75) is 6.92 Å². The maximum Gasteiger partial charge on any atom is 0.130 e. The second-order valence-corrected chi connectivity index (χ2v) is 5.51. The smallest absolute Gasteiger partial charge is 0.130 e. The Bertz CT molecular complexity index is 959. The van der Waals surface area contributed by atoms with Gasteiger partial charge in [0.1, 0.15) is 5.82 Å². The van der Waals surface area contributed by atoms with Crippen LogP contribution in [-0.2, 0) is 0 Å². The zero-order chi connectivity index (χ0) is 14.9. The second-order valence-electron chi connectivity index (χ2n) is 5.51. The largest absolute Gasteiger partial charge is 0.340 e. The summed E-state index contributed by atoms with van der Waals surface area (Å²) in [5.74, 6) is 0.862. The van der Waals surface area contributed by atoms with E-state index >= 15 is 0 Å². The van der Waals surface area contributed by atoms with Crippen molar-refractivity contribution in [3.05, 3.63) is 78.5 Å². The zero-order valence-electron chi connectivity index (χ0n) is 12.4. The quantitative estimate of drug-likeness (QED) is 0.496. The normalized spacial score (nSPS) is 11.0. The number of hydrogen-bond donors (Lipinski definition) is 1. The van der Waals surface area contributed by atoms with Crippen LogP contribution in [0, 0.1) is 6.92 Å². The van der Waals surface area contributed by atoms with Gasteiger partial charge in [-0.2, -0.15) is 0 Å². The van der Waals surface area contributed by atoms with Gasteiger partial charge in [-0.25, -0.2) is 4.98 Å². The molecule has 0 aliphatic rings. The van der Waals surface area contributed by atoms with Crippen molar-refractivity contribution in [2.24, 2.45) is 0 Å². The molecule has 1 aromatic heterocycles. The van der Waals surface area contributed by atoms with E-state index in [1.165, 1.54) is 27.1 Å². The summed E-state index contributed by atoms with van der Waals surface area (Å²) < 4.78 is 0. The van der Waals surface area contributed by atoms with Crippen molar-refractivity contribution in [3.63, 3.8) is 0 Å². The maximum atomic E-state index is 4.35. The molecule has 3 aromatic carbocycles. The van der Waals surface area contributed by atoms with Crippen molar-refractivity contribution < 1.29 is 0 Å². The number of benzene rings is 3. The first-order valence-electron chi connectivity index (χ1n) is 7.41. The molecule has 106 valence electrons. The Hall–Kier alpha value is -2.87. The van der Waals surface area contributed by atoms with Gasteiger partial charge < -0.3 is 5.32 Å². The van der Waals surface area contributed by atoms with Crippen LogP contribution in [0.2, 0.25) is 0 Å². The van der Waals surface area contributed by atoms with Gasteiger partial charge in [-0.1, -0.05) is 36.4 Å². The lowest BCUT2D eigenvalue weighted by molar-refractivity contribution is 1.31. The summed E-state index contributed by atoms with van der Waals surface area (Å²) in [5.41, 5.74) is 2.37. The molecule has 0 bridgehead atoms. The first-order chi connectivity index (χ1) is 10.8. The Morgan fingerprint density at radius 2 is 1.50 bits per heavy atom. The summed E-state index contributed by atoms with van der Waals surface area (Å²) in [7, 11) is 0. The highest BCUT2D eigenvalue weighted by molar-refractivity contribution is 6.05. The number of aromatic nitrogens is 1. The highest BCUT2D eigenvalue weighted by atomic mass is 15.0. The summed E-state index contributed by atoms with van der Waals surface area (Å²) in [4.78, 5) is 4.35. The van der Waals surface area contributed by atoms with E-state index in [1.807, 2.05) is 18.2 Å². The van der Waals surface area contributed by atoms with Gasteiger partial charge in [0.2, 0.25) is 0 Å². The predicted molar refractivity (Wildman–Crippen MR) is 93.7 cm³/mol. The van der Waals surface area contributed by atoms with E-state index in [0.29, 0.717) is 0 Å². The average Bonchev–Trinajstić information content (AvgIpc) is 2.57. The fourth-order valence-electron chi connectivity index (χ4n) is 2.86. The van der Waals surface area contributed by atoms with E-state index in [4.69, 9.17) is 0 Å². The lowest BCUT2D eigenvalue weighted by Crippen LogP contribution is -1.94. The summed E-state index contributed by atoms with van der Waals surface area (Å²) >= 11 is 0. The molecule has 0 aliphatic carbocycles. The van der Waals surface area contributed by atoms with Gasteiger partial charge in [0.15, 0.2) is 0 Å². The topological polar surface area (TPSA) is 24.9 Å². The van der Waals surface area contributed by atoms with Gasteiger partial charge in [-0.05, 0) is 59.0 Å². The summed E-state index contributed by atoms with van der Waals surface area (Å²) in [5, 5.41) is 8.46. The van der Waals surface area contributed by atoms with Gasteiger partial charge in [-0.15, -0.1) is 0 Å².